The van der Waals surface area contributed by atoms with Crippen molar-refractivity contribution in [3.63, 3.8) is 0 Å². The Balaban J connectivity index is 1.58. The van der Waals surface area contributed by atoms with Crippen molar-refractivity contribution in [3.8, 4) is 11.3 Å². The Labute approximate surface area is 156 Å². The third-order valence-corrected chi connectivity index (χ3v) is 5.67. The predicted molar refractivity (Wildman–Crippen MR) is 99.1 cm³/mol. The van der Waals surface area contributed by atoms with E-state index in [9.17, 15) is 12.8 Å². The van der Waals surface area contributed by atoms with Crippen molar-refractivity contribution in [1.82, 2.24) is 5.16 Å². The molecule has 140 valence electrons. The van der Waals surface area contributed by atoms with Gasteiger partial charge in [-0.15, -0.1) is 0 Å². The van der Waals surface area contributed by atoms with Gasteiger partial charge < -0.3 is 9.42 Å². The minimum absolute atomic E-state index is 0.119. The molecule has 2 aromatic carbocycles. The number of nitrogens with two attached hydrogens (primary N) is 1. The summed E-state index contributed by atoms with van der Waals surface area (Å²) < 4.78 is 41.6. The molecular weight excluding hydrogens is 369 g/mol. The largest absolute Gasteiger partial charge is 0.361 e. The van der Waals surface area contributed by atoms with Crippen LogP contribution in [0.4, 0.5) is 10.1 Å². The Morgan fingerprint density at radius 1 is 1.22 bits per heavy atom. The van der Waals surface area contributed by atoms with Crippen LogP contribution >= 0.6 is 0 Å². The van der Waals surface area contributed by atoms with E-state index in [1.54, 1.807) is 24.3 Å². The van der Waals surface area contributed by atoms with Gasteiger partial charge in [-0.1, -0.05) is 5.16 Å². The summed E-state index contributed by atoms with van der Waals surface area (Å²) >= 11 is 0. The van der Waals surface area contributed by atoms with Gasteiger partial charge in [-0.2, -0.15) is 0 Å². The van der Waals surface area contributed by atoms with Crippen LogP contribution in [0, 0.1) is 5.82 Å². The lowest BCUT2D eigenvalue weighted by Crippen LogP contribution is -2.28. The highest BCUT2D eigenvalue weighted by Crippen LogP contribution is 2.35. The van der Waals surface area contributed by atoms with Gasteiger partial charge in [0, 0.05) is 23.4 Å². The lowest BCUT2D eigenvalue weighted by molar-refractivity contribution is 0.380. The summed E-state index contributed by atoms with van der Waals surface area (Å²) in [6, 6.07) is 13.0. The number of hydrogen-bond acceptors (Lipinski definition) is 5. The van der Waals surface area contributed by atoms with E-state index in [1.165, 1.54) is 18.2 Å². The second-order valence-electron chi connectivity index (χ2n) is 6.70. The highest BCUT2D eigenvalue weighted by molar-refractivity contribution is 7.89. The first-order valence-corrected chi connectivity index (χ1v) is 10.00. The lowest BCUT2D eigenvalue weighted by Gasteiger charge is -2.23. The van der Waals surface area contributed by atoms with Crippen LogP contribution in [0.3, 0.4) is 0 Å². The van der Waals surface area contributed by atoms with Crippen molar-refractivity contribution >= 4 is 15.7 Å². The second-order valence-corrected chi connectivity index (χ2v) is 8.26. The standard InChI is InChI=1S/C19H18FN3O3S/c1-12-8-14-9-17(27(21,24)25)6-7-19(14)23(12)11-16-10-18(22-26-16)13-2-4-15(20)5-3-13/h2-7,9-10,12H,8,11H2,1H3,(H2,21,24,25)/t12-/m0/s1. The van der Waals surface area contributed by atoms with Crippen LogP contribution in [-0.4, -0.2) is 19.6 Å². The molecule has 0 amide bonds. The van der Waals surface area contributed by atoms with Gasteiger partial charge in [0.25, 0.3) is 0 Å². The van der Waals surface area contributed by atoms with Crippen LogP contribution in [0.25, 0.3) is 11.3 Å². The van der Waals surface area contributed by atoms with E-state index in [1.807, 2.05) is 6.07 Å². The van der Waals surface area contributed by atoms with Gasteiger partial charge in [-0.3, -0.25) is 0 Å². The zero-order valence-electron chi connectivity index (χ0n) is 14.6. The SMILES string of the molecule is C[C@H]1Cc2cc(S(N)(=O)=O)ccc2N1Cc1cc(-c2ccc(F)cc2)no1. The summed E-state index contributed by atoms with van der Waals surface area (Å²) in [7, 11) is -3.72. The zero-order chi connectivity index (χ0) is 19.2. The molecule has 6 nitrogen and oxygen atoms in total. The van der Waals surface area contributed by atoms with Crippen LogP contribution in [0.15, 0.2) is 57.9 Å². The second kappa shape index (κ2) is 6.47. The van der Waals surface area contributed by atoms with Gasteiger partial charge in [0.1, 0.15) is 11.5 Å². The first kappa shape index (κ1) is 17.7. The fraction of sp³-hybridized carbons (Fsp3) is 0.211. The van der Waals surface area contributed by atoms with Crippen molar-refractivity contribution < 1.29 is 17.3 Å². The Hall–Kier alpha value is -2.71. The maximum Gasteiger partial charge on any atom is 0.238 e. The highest BCUT2D eigenvalue weighted by atomic mass is 32.2. The monoisotopic (exact) mass is 387 g/mol. The number of rotatable bonds is 4. The maximum absolute atomic E-state index is 13.1. The number of anilines is 1. The summed E-state index contributed by atoms with van der Waals surface area (Å²) in [6.45, 7) is 2.56. The average molecular weight is 387 g/mol. The first-order chi connectivity index (χ1) is 12.8. The molecule has 3 aromatic rings. The molecule has 1 aliphatic rings. The fourth-order valence-electron chi connectivity index (χ4n) is 3.40. The number of hydrogen-bond donors (Lipinski definition) is 1. The number of aromatic nitrogens is 1. The lowest BCUT2D eigenvalue weighted by atomic mass is 10.1. The van der Waals surface area contributed by atoms with Crippen LogP contribution in [0.5, 0.6) is 0 Å². The summed E-state index contributed by atoms with van der Waals surface area (Å²) in [6.07, 6.45) is 0.720. The topological polar surface area (TPSA) is 89.4 Å². The van der Waals surface area contributed by atoms with Gasteiger partial charge in [-0.05, 0) is 61.4 Å². The molecule has 0 bridgehead atoms. The first-order valence-electron chi connectivity index (χ1n) is 8.45. The predicted octanol–water partition coefficient (Wildman–Crippen LogP) is 3.08. The molecule has 2 heterocycles. The quantitative estimate of drug-likeness (QED) is 0.743. The Morgan fingerprint density at radius 2 is 1.96 bits per heavy atom. The number of halogens is 1. The third kappa shape index (κ3) is 3.45. The molecular formula is C19H18FN3O3S. The van der Waals surface area contributed by atoms with Crippen molar-refractivity contribution in [2.24, 2.45) is 5.14 Å². The third-order valence-electron chi connectivity index (χ3n) is 4.76. The molecule has 1 atom stereocenters. The van der Waals surface area contributed by atoms with Gasteiger partial charge in [-0.25, -0.2) is 17.9 Å². The van der Waals surface area contributed by atoms with Gasteiger partial charge in [0.05, 0.1) is 11.4 Å². The maximum atomic E-state index is 13.1. The minimum Gasteiger partial charge on any atom is -0.361 e. The minimum atomic E-state index is -3.72. The van der Waals surface area contributed by atoms with Crippen LogP contribution in [0.1, 0.15) is 18.2 Å². The number of nitrogens with zero attached hydrogens (tertiary/aromatic N) is 2. The molecule has 1 aliphatic heterocycles. The Bertz CT molecular complexity index is 1090. The molecule has 0 fully saturated rings. The van der Waals surface area contributed by atoms with E-state index in [-0.39, 0.29) is 16.8 Å². The van der Waals surface area contributed by atoms with Crippen LogP contribution in [0.2, 0.25) is 0 Å². The number of fused-ring (bicyclic) bond motifs is 1. The molecule has 0 saturated heterocycles. The van der Waals surface area contributed by atoms with Crippen LogP contribution in [-0.2, 0) is 23.0 Å². The smallest absolute Gasteiger partial charge is 0.238 e. The number of sulfonamides is 1. The van der Waals surface area contributed by atoms with Crippen molar-refractivity contribution in [2.45, 2.75) is 30.8 Å². The normalized spacial score (nSPS) is 16.6. The molecule has 0 radical (unpaired) electrons. The van der Waals surface area contributed by atoms with Crippen molar-refractivity contribution in [2.75, 3.05) is 4.90 Å². The van der Waals surface area contributed by atoms with E-state index in [0.717, 1.165) is 23.2 Å². The molecule has 27 heavy (non-hydrogen) atoms. The Morgan fingerprint density at radius 3 is 2.67 bits per heavy atom. The molecule has 0 saturated carbocycles. The molecule has 0 spiro atoms. The van der Waals surface area contributed by atoms with Gasteiger partial charge in [0.15, 0.2) is 5.76 Å². The van der Waals surface area contributed by atoms with E-state index in [4.69, 9.17) is 9.66 Å². The van der Waals surface area contributed by atoms with Gasteiger partial charge >= 0.3 is 0 Å². The number of primary sulfonamides is 1. The average Bonchev–Trinajstić information content (AvgIpc) is 3.20. The zero-order valence-corrected chi connectivity index (χ0v) is 15.4. The summed E-state index contributed by atoms with van der Waals surface area (Å²) in [4.78, 5) is 2.26. The molecule has 0 unspecified atom stereocenters. The Kier molecular flexibility index (Phi) is 4.24. The van der Waals surface area contributed by atoms with E-state index < -0.39 is 10.0 Å². The van der Waals surface area contributed by atoms with E-state index >= 15 is 0 Å². The highest BCUT2D eigenvalue weighted by Gasteiger charge is 2.28. The molecule has 0 aliphatic carbocycles. The molecule has 1 aromatic heterocycles. The van der Waals surface area contributed by atoms with Crippen LogP contribution < -0.4 is 10.0 Å². The fourth-order valence-corrected chi connectivity index (χ4v) is 3.97. The van der Waals surface area contributed by atoms with Gasteiger partial charge in [0.2, 0.25) is 10.0 Å². The molecule has 8 heteroatoms. The summed E-state index contributed by atoms with van der Waals surface area (Å²) in [5, 5.41) is 9.29. The van der Waals surface area contributed by atoms with E-state index in [2.05, 4.69) is 17.0 Å². The molecule has 2 N–H and O–H groups in total. The summed E-state index contributed by atoms with van der Waals surface area (Å²) in [5.74, 6) is 0.369. The summed E-state index contributed by atoms with van der Waals surface area (Å²) in [5.41, 5.74) is 3.31. The van der Waals surface area contributed by atoms with Crippen molar-refractivity contribution in [3.05, 3.63) is 65.7 Å². The molecule has 4 rings (SSSR count). The number of benzene rings is 2. The van der Waals surface area contributed by atoms with Crippen molar-refractivity contribution in [1.29, 1.82) is 0 Å². The van der Waals surface area contributed by atoms with E-state index in [0.29, 0.717) is 18.0 Å².